The van der Waals surface area contributed by atoms with Crippen molar-refractivity contribution in [1.82, 2.24) is 14.9 Å². The van der Waals surface area contributed by atoms with Crippen molar-refractivity contribution in [2.24, 2.45) is 0 Å². The highest BCUT2D eigenvalue weighted by molar-refractivity contribution is 7.15. The van der Waals surface area contributed by atoms with Gasteiger partial charge in [0.25, 0.3) is 0 Å². The Balaban J connectivity index is 0.00000180. The molecule has 0 amide bonds. The molecule has 140 valence electrons. The molecule has 0 unspecified atom stereocenters. The molecule has 1 fully saturated rings. The fourth-order valence-electron chi connectivity index (χ4n) is 3.53. The van der Waals surface area contributed by atoms with Crippen LogP contribution in [0, 0.1) is 0 Å². The van der Waals surface area contributed by atoms with E-state index in [1.807, 2.05) is 10.6 Å². The van der Waals surface area contributed by atoms with E-state index >= 15 is 0 Å². The number of rotatable bonds is 3. The molecule has 0 aromatic carbocycles. The molecule has 6 nitrogen and oxygen atoms in total. The van der Waals surface area contributed by atoms with Gasteiger partial charge in [0.2, 0.25) is 5.43 Å². The molecule has 3 aromatic heterocycles. The lowest BCUT2D eigenvalue weighted by Crippen LogP contribution is -2.21. The van der Waals surface area contributed by atoms with Crippen molar-refractivity contribution >= 4 is 40.7 Å². The zero-order chi connectivity index (χ0) is 17.8. The van der Waals surface area contributed by atoms with E-state index in [9.17, 15) is 14.7 Å². The van der Waals surface area contributed by atoms with Gasteiger partial charge in [-0.25, -0.2) is 9.78 Å². The molecule has 3 aromatic rings. The minimum absolute atomic E-state index is 0. The lowest BCUT2D eigenvalue weighted by molar-refractivity contribution is 0.0695. The molecule has 0 spiro atoms. The molecule has 1 saturated carbocycles. The summed E-state index contributed by atoms with van der Waals surface area (Å²) in [6.07, 6.45) is 4.46. The van der Waals surface area contributed by atoms with Crippen LogP contribution >= 0.6 is 23.7 Å². The Bertz CT molecular complexity index is 1090. The van der Waals surface area contributed by atoms with E-state index in [1.165, 1.54) is 16.6 Å². The maximum Gasteiger partial charge on any atom is 0.341 e. The smallest absolute Gasteiger partial charge is 0.341 e. The second-order valence-electron chi connectivity index (χ2n) is 6.87. The first-order valence-corrected chi connectivity index (χ1v) is 9.55. The molecule has 0 bridgehead atoms. The Morgan fingerprint density at radius 1 is 1.33 bits per heavy atom. The fourth-order valence-corrected chi connectivity index (χ4v) is 4.68. The van der Waals surface area contributed by atoms with E-state index < -0.39 is 11.4 Å². The highest BCUT2D eigenvalue weighted by atomic mass is 35.5. The van der Waals surface area contributed by atoms with Gasteiger partial charge in [0.15, 0.2) is 0 Å². The van der Waals surface area contributed by atoms with Gasteiger partial charge in [-0.05, 0) is 49.6 Å². The van der Waals surface area contributed by atoms with Crippen molar-refractivity contribution in [3.63, 3.8) is 0 Å². The van der Waals surface area contributed by atoms with Gasteiger partial charge in [0.1, 0.15) is 11.2 Å². The topological polar surface area (TPSA) is 84.2 Å². The van der Waals surface area contributed by atoms with Crippen LogP contribution in [0.2, 0.25) is 0 Å². The van der Waals surface area contributed by atoms with Crippen molar-refractivity contribution in [2.75, 3.05) is 6.54 Å². The number of halogens is 1. The molecule has 0 radical (unpaired) electrons. The summed E-state index contributed by atoms with van der Waals surface area (Å²) in [7, 11) is 0. The van der Waals surface area contributed by atoms with E-state index in [4.69, 9.17) is 4.98 Å². The summed E-state index contributed by atoms with van der Waals surface area (Å²) in [6.45, 7) is 1.88. The third-order valence-corrected chi connectivity index (χ3v) is 6.25. The normalized spacial score (nSPS) is 16.0. The zero-order valence-corrected chi connectivity index (χ0v) is 16.0. The molecule has 1 aliphatic heterocycles. The summed E-state index contributed by atoms with van der Waals surface area (Å²) in [6, 6.07) is 5.99. The summed E-state index contributed by atoms with van der Waals surface area (Å²) in [5.74, 6) is -1.19. The van der Waals surface area contributed by atoms with Gasteiger partial charge in [-0.1, -0.05) is 0 Å². The molecular formula is C19H18ClN3O3S. The van der Waals surface area contributed by atoms with Crippen LogP contribution in [0.4, 0.5) is 0 Å². The van der Waals surface area contributed by atoms with Gasteiger partial charge in [0.05, 0.1) is 16.0 Å². The van der Waals surface area contributed by atoms with Crippen LogP contribution in [-0.4, -0.2) is 27.2 Å². The maximum atomic E-state index is 12.5. The van der Waals surface area contributed by atoms with Crippen molar-refractivity contribution in [2.45, 2.75) is 31.8 Å². The molecule has 1 aliphatic carbocycles. The maximum absolute atomic E-state index is 12.5. The number of nitrogens with zero attached hydrogens (tertiary/aromatic N) is 2. The van der Waals surface area contributed by atoms with E-state index in [0.717, 1.165) is 42.9 Å². The van der Waals surface area contributed by atoms with Crippen LogP contribution in [-0.2, 0) is 13.0 Å². The van der Waals surface area contributed by atoms with Crippen LogP contribution < -0.4 is 10.7 Å². The van der Waals surface area contributed by atoms with E-state index in [-0.39, 0.29) is 24.0 Å². The van der Waals surface area contributed by atoms with Gasteiger partial charge in [-0.3, -0.25) is 4.79 Å². The number of aromatic nitrogens is 2. The van der Waals surface area contributed by atoms with Crippen LogP contribution in [0.25, 0.3) is 21.6 Å². The summed E-state index contributed by atoms with van der Waals surface area (Å²) in [5.41, 5.74) is 2.15. The van der Waals surface area contributed by atoms with E-state index in [1.54, 1.807) is 17.4 Å². The summed E-state index contributed by atoms with van der Waals surface area (Å²) < 4.78 is 1.87. The van der Waals surface area contributed by atoms with Crippen LogP contribution in [0.15, 0.2) is 29.2 Å². The molecule has 2 N–H and O–H groups in total. The lowest BCUT2D eigenvalue weighted by Gasteiger charge is -2.11. The monoisotopic (exact) mass is 403 g/mol. The first-order valence-electron chi connectivity index (χ1n) is 8.73. The van der Waals surface area contributed by atoms with Crippen LogP contribution in [0.5, 0.6) is 0 Å². The largest absolute Gasteiger partial charge is 0.477 e. The predicted molar refractivity (Wildman–Crippen MR) is 107 cm³/mol. The van der Waals surface area contributed by atoms with Crippen molar-refractivity contribution in [1.29, 1.82) is 0 Å². The highest BCUT2D eigenvalue weighted by Crippen LogP contribution is 2.38. The third kappa shape index (κ3) is 3.05. The first kappa shape index (κ1) is 18.2. The fraction of sp³-hybridized carbons (Fsp3) is 0.316. The first-order chi connectivity index (χ1) is 12.6. The van der Waals surface area contributed by atoms with E-state index in [2.05, 4.69) is 11.4 Å². The Morgan fingerprint density at radius 3 is 2.85 bits per heavy atom. The number of aromatic carboxylic acids is 1. The highest BCUT2D eigenvalue weighted by Gasteiger charge is 2.27. The van der Waals surface area contributed by atoms with Gasteiger partial charge in [0, 0.05) is 23.7 Å². The van der Waals surface area contributed by atoms with Crippen molar-refractivity contribution < 1.29 is 9.90 Å². The number of pyridine rings is 2. The minimum Gasteiger partial charge on any atom is -0.477 e. The van der Waals surface area contributed by atoms with Gasteiger partial charge >= 0.3 is 5.97 Å². The summed E-state index contributed by atoms with van der Waals surface area (Å²) in [5, 5.41) is 13.1. The molecule has 4 heterocycles. The number of fused-ring (bicyclic) bond motifs is 2. The molecule has 8 heteroatoms. The number of hydrogen-bond donors (Lipinski definition) is 2. The molecule has 0 saturated heterocycles. The minimum atomic E-state index is -1.19. The van der Waals surface area contributed by atoms with Crippen LogP contribution in [0.3, 0.4) is 0 Å². The number of hydrogen-bond acceptors (Lipinski definition) is 5. The Morgan fingerprint density at radius 2 is 2.15 bits per heavy atom. The third-order valence-electron chi connectivity index (χ3n) is 5.05. The molecular weight excluding hydrogens is 386 g/mol. The van der Waals surface area contributed by atoms with Crippen molar-refractivity contribution in [3.05, 3.63) is 50.6 Å². The van der Waals surface area contributed by atoms with Gasteiger partial charge < -0.3 is 15.0 Å². The quantitative estimate of drug-likeness (QED) is 0.701. The summed E-state index contributed by atoms with van der Waals surface area (Å²) >= 11 is 1.73. The molecule has 5 rings (SSSR count). The Kier molecular flexibility index (Phi) is 4.53. The Hall–Kier alpha value is -2.22. The summed E-state index contributed by atoms with van der Waals surface area (Å²) in [4.78, 5) is 31.2. The number of thiophene rings is 1. The average Bonchev–Trinajstić information content (AvgIpc) is 3.39. The Labute approximate surface area is 165 Å². The lowest BCUT2D eigenvalue weighted by atomic mass is 10.1. The van der Waals surface area contributed by atoms with Crippen LogP contribution in [0.1, 0.15) is 39.7 Å². The van der Waals surface area contributed by atoms with Gasteiger partial charge in [-0.15, -0.1) is 23.7 Å². The number of carbonyl (C=O) groups is 1. The second kappa shape index (κ2) is 6.74. The second-order valence-corrected chi connectivity index (χ2v) is 8.01. The molecule has 0 atom stereocenters. The molecule has 2 aliphatic rings. The average molecular weight is 404 g/mol. The SMILES string of the molecule is Cl.O=C(O)c1cn(C2CC2)c2nc(-c3cc4c(s3)CNCC4)ccc2c1=O. The zero-order valence-electron chi connectivity index (χ0n) is 14.4. The predicted octanol–water partition coefficient (Wildman–Crippen LogP) is 3.23. The number of nitrogens with one attached hydrogen (secondary N) is 1. The van der Waals surface area contributed by atoms with Gasteiger partial charge in [-0.2, -0.15) is 0 Å². The number of carboxylic acids is 1. The number of carboxylic acid groups (broad SMARTS) is 1. The molecule has 27 heavy (non-hydrogen) atoms. The standard InChI is InChI=1S/C19H17N3O3S.ClH/c23-17-12-3-4-14(15-7-10-5-6-20-8-16(10)26-15)21-18(12)22(11-1-2-11)9-13(17)19(24)25;/h3-4,7,9,11,20H,1-2,5-6,8H2,(H,24,25);1H. The van der Waals surface area contributed by atoms with Crippen molar-refractivity contribution in [3.8, 4) is 10.6 Å². The van der Waals surface area contributed by atoms with E-state index in [0.29, 0.717) is 11.0 Å².